The number of rotatable bonds is 4. The van der Waals surface area contributed by atoms with Gasteiger partial charge in [-0.1, -0.05) is 58.0 Å². The van der Waals surface area contributed by atoms with Gasteiger partial charge in [0.15, 0.2) is 11.0 Å². The second-order valence-electron chi connectivity index (χ2n) is 10.8. The van der Waals surface area contributed by atoms with Gasteiger partial charge in [0.25, 0.3) is 5.82 Å². The van der Waals surface area contributed by atoms with Crippen LogP contribution in [-0.4, -0.2) is 9.55 Å². The summed E-state index contributed by atoms with van der Waals surface area (Å²) < 4.78 is 7.66. The predicted octanol–water partition coefficient (Wildman–Crippen LogP) is 8.75. The second kappa shape index (κ2) is 8.81. The van der Waals surface area contributed by atoms with Crippen molar-refractivity contribution in [1.29, 1.82) is 0 Å². The Hall–Kier alpha value is -3.50. The van der Waals surface area contributed by atoms with Crippen LogP contribution in [0.1, 0.15) is 61.9 Å². The highest BCUT2D eigenvalue weighted by Gasteiger charge is 2.33. The number of hydrogen-bond acceptors (Lipinski definition) is 2. The highest BCUT2D eigenvalue weighted by atomic mass is 32.1. The Bertz CT molecular complexity index is 1800. The third kappa shape index (κ3) is 3.53. The Labute approximate surface area is 223 Å². The fourth-order valence-electron chi connectivity index (χ4n) is 5.97. The van der Waals surface area contributed by atoms with Crippen molar-refractivity contribution in [3.05, 3.63) is 89.2 Å². The standard InChI is InChI=1S/C33H34N3S/c1-19(2)24-18-25-23-12-8-11-15-28(23)37-32(25)29(20(3)4)31(24)36-27-14-10-9-13-26(27)35(7)33(36)30-21(5)16-17-34-22(30)6/h8-20H,1-7H3/q+1. The van der Waals surface area contributed by atoms with Gasteiger partial charge in [0, 0.05) is 37.5 Å². The maximum Gasteiger partial charge on any atom is 0.297 e. The molecule has 0 amide bonds. The lowest BCUT2D eigenvalue weighted by Crippen LogP contribution is -2.31. The van der Waals surface area contributed by atoms with E-state index in [2.05, 4.69) is 118 Å². The molecule has 0 N–H and O–H groups in total. The number of aryl methyl sites for hydroxylation is 3. The summed E-state index contributed by atoms with van der Waals surface area (Å²) in [5, 5.41) is 2.74. The van der Waals surface area contributed by atoms with E-state index in [-0.39, 0.29) is 0 Å². The van der Waals surface area contributed by atoms with Crippen LogP contribution in [0.5, 0.6) is 0 Å². The van der Waals surface area contributed by atoms with E-state index in [0.717, 1.165) is 5.69 Å². The lowest BCUT2D eigenvalue weighted by atomic mass is 9.89. The summed E-state index contributed by atoms with van der Waals surface area (Å²) in [6, 6.07) is 22.3. The van der Waals surface area contributed by atoms with Crippen LogP contribution in [0.15, 0.2) is 66.9 Å². The zero-order valence-electron chi connectivity index (χ0n) is 22.8. The zero-order valence-corrected chi connectivity index (χ0v) is 23.6. The van der Waals surface area contributed by atoms with E-state index in [1.807, 2.05) is 17.5 Å². The van der Waals surface area contributed by atoms with Crippen LogP contribution < -0.4 is 4.57 Å². The average Bonchev–Trinajstić information content (AvgIpc) is 3.38. The molecule has 0 aliphatic carbocycles. The molecule has 3 nitrogen and oxygen atoms in total. The van der Waals surface area contributed by atoms with Crippen LogP contribution in [0, 0.1) is 13.8 Å². The number of thiophene rings is 1. The van der Waals surface area contributed by atoms with Gasteiger partial charge in [-0.3, -0.25) is 4.98 Å². The first-order chi connectivity index (χ1) is 17.8. The molecule has 37 heavy (non-hydrogen) atoms. The number of para-hydroxylation sites is 2. The van der Waals surface area contributed by atoms with Gasteiger partial charge >= 0.3 is 0 Å². The van der Waals surface area contributed by atoms with Gasteiger partial charge in [0.1, 0.15) is 5.69 Å². The summed E-state index contributed by atoms with van der Waals surface area (Å²) in [4.78, 5) is 4.73. The number of fused-ring (bicyclic) bond motifs is 4. The summed E-state index contributed by atoms with van der Waals surface area (Å²) >= 11 is 1.93. The first-order valence-electron chi connectivity index (χ1n) is 13.2. The minimum atomic E-state index is 0.361. The van der Waals surface area contributed by atoms with Crippen molar-refractivity contribution < 1.29 is 4.57 Å². The lowest BCUT2D eigenvalue weighted by Gasteiger charge is -2.20. The molecule has 0 fully saturated rings. The fraction of sp³-hybridized carbons (Fsp3) is 0.273. The molecule has 0 atom stereocenters. The van der Waals surface area contributed by atoms with Crippen LogP contribution in [0.4, 0.5) is 0 Å². The largest absolute Gasteiger partial charge is 0.297 e. The number of pyridine rings is 1. The molecule has 6 rings (SSSR count). The topological polar surface area (TPSA) is 21.7 Å². The van der Waals surface area contributed by atoms with Gasteiger partial charge in [-0.25, -0.2) is 4.57 Å². The average molecular weight is 505 g/mol. The van der Waals surface area contributed by atoms with Gasteiger partial charge in [0.05, 0.1) is 18.3 Å². The summed E-state index contributed by atoms with van der Waals surface area (Å²) in [5.41, 5.74) is 10.1. The molecule has 3 aromatic heterocycles. The van der Waals surface area contributed by atoms with Crippen molar-refractivity contribution in [2.24, 2.45) is 7.05 Å². The molecule has 186 valence electrons. The molecular formula is C33H34N3S+. The van der Waals surface area contributed by atoms with Crippen LogP contribution in [0.25, 0.3) is 48.3 Å². The van der Waals surface area contributed by atoms with Gasteiger partial charge in [-0.2, -0.15) is 4.57 Å². The van der Waals surface area contributed by atoms with Crippen LogP contribution >= 0.6 is 11.3 Å². The molecular weight excluding hydrogens is 470 g/mol. The van der Waals surface area contributed by atoms with Crippen molar-refractivity contribution in [3.8, 4) is 17.1 Å². The quantitative estimate of drug-likeness (QED) is 0.220. The molecule has 6 aromatic rings. The summed E-state index contributed by atoms with van der Waals surface area (Å²) in [6.07, 6.45) is 1.92. The first kappa shape index (κ1) is 23.9. The van der Waals surface area contributed by atoms with Gasteiger partial charge in [0.2, 0.25) is 0 Å². The minimum Gasteiger partial charge on any atom is -0.261 e. The SMILES string of the molecule is Cc1ccnc(C)c1-c1n(-c2c(C(C)C)cc3c(sc4ccccc43)c2C(C)C)c2ccccc2[n+]1C. The van der Waals surface area contributed by atoms with Crippen molar-refractivity contribution in [2.75, 3.05) is 0 Å². The summed E-state index contributed by atoms with van der Waals surface area (Å²) in [7, 11) is 2.20. The smallest absolute Gasteiger partial charge is 0.261 e. The number of hydrogen-bond donors (Lipinski definition) is 0. The number of aromatic nitrogens is 3. The first-order valence-corrected chi connectivity index (χ1v) is 14.0. The van der Waals surface area contributed by atoms with Crippen molar-refractivity contribution >= 4 is 42.5 Å². The lowest BCUT2D eigenvalue weighted by molar-refractivity contribution is -0.633. The Morgan fingerprint density at radius 2 is 1.59 bits per heavy atom. The third-order valence-electron chi connectivity index (χ3n) is 7.72. The van der Waals surface area contributed by atoms with Gasteiger partial charge in [-0.05, 0) is 61.6 Å². The van der Waals surface area contributed by atoms with Crippen molar-refractivity contribution in [2.45, 2.75) is 53.4 Å². The van der Waals surface area contributed by atoms with Crippen LogP contribution in [0.2, 0.25) is 0 Å². The van der Waals surface area contributed by atoms with Crippen molar-refractivity contribution in [3.63, 3.8) is 0 Å². The van der Waals surface area contributed by atoms with E-state index in [4.69, 9.17) is 4.98 Å². The van der Waals surface area contributed by atoms with Crippen molar-refractivity contribution in [1.82, 2.24) is 9.55 Å². The Morgan fingerprint density at radius 1 is 0.865 bits per heavy atom. The highest BCUT2D eigenvalue weighted by molar-refractivity contribution is 7.26. The highest BCUT2D eigenvalue weighted by Crippen LogP contribution is 2.46. The fourth-order valence-corrected chi connectivity index (χ4v) is 7.35. The molecule has 3 heterocycles. The Kier molecular flexibility index (Phi) is 5.68. The molecule has 0 bridgehead atoms. The monoisotopic (exact) mass is 504 g/mol. The van der Waals surface area contributed by atoms with Crippen LogP contribution in [0.3, 0.4) is 0 Å². The molecule has 3 aromatic carbocycles. The molecule has 0 spiro atoms. The molecule has 0 radical (unpaired) electrons. The summed E-state index contributed by atoms with van der Waals surface area (Å²) in [6.45, 7) is 13.7. The third-order valence-corrected chi connectivity index (χ3v) is 8.94. The maximum absolute atomic E-state index is 4.73. The Morgan fingerprint density at radius 3 is 2.32 bits per heavy atom. The molecule has 4 heteroatoms. The number of imidazole rings is 1. The van der Waals surface area contributed by atoms with E-state index in [1.165, 1.54) is 65.0 Å². The molecule has 0 saturated carbocycles. The van der Waals surface area contributed by atoms with Gasteiger partial charge in [-0.15, -0.1) is 11.3 Å². The number of benzene rings is 3. The second-order valence-corrected chi connectivity index (χ2v) is 11.9. The van der Waals surface area contributed by atoms with E-state index in [0.29, 0.717) is 11.8 Å². The number of nitrogens with zero attached hydrogens (tertiary/aromatic N) is 3. The molecule has 0 unspecified atom stereocenters. The zero-order chi connectivity index (χ0) is 26.0. The molecule has 0 saturated heterocycles. The van der Waals surface area contributed by atoms with E-state index < -0.39 is 0 Å². The summed E-state index contributed by atoms with van der Waals surface area (Å²) in [5.74, 6) is 1.92. The minimum absolute atomic E-state index is 0.361. The predicted molar refractivity (Wildman–Crippen MR) is 158 cm³/mol. The Balaban J connectivity index is 1.88. The van der Waals surface area contributed by atoms with E-state index in [1.54, 1.807) is 0 Å². The van der Waals surface area contributed by atoms with Crippen LogP contribution in [-0.2, 0) is 7.05 Å². The van der Waals surface area contributed by atoms with E-state index >= 15 is 0 Å². The van der Waals surface area contributed by atoms with E-state index in [9.17, 15) is 0 Å². The molecule has 0 aliphatic heterocycles. The normalized spacial score (nSPS) is 12.1. The molecule has 0 aliphatic rings. The maximum atomic E-state index is 4.73. The van der Waals surface area contributed by atoms with Gasteiger partial charge < -0.3 is 0 Å².